The fourth-order valence-corrected chi connectivity index (χ4v) is 2.77. The van der Waals surface area contributed by atoms with Crippen molar-refractivity contribution in [3.63, 3.8) is 0 Å². The zero-order valence-corrected chi connectivity index (χ0v) is 15.9. The van der Waals surface area contributed by atoms with Crippen molar-refractivity contribution in [1.82, 2.24) is 4.90 Å². The zero-order chi connectivity index (χ0) is 19.8. The summed E-state index contributed by atoms with van der Waals surface area (Å²) < 4.78 is 20.7. The number of methoxy groups -OCH3 is 4. The van der Waals surface area contributed by atoms with Gasteiger partial charge in [-0.25, -0.2) is 4.79 Å². The molecule has 0 fully saturated rings. The van der Waals surface area contributed by atoms with E-state index >= 15 is 0 Å². The highest BCUT2D eigenvalue weighted by Gasteiger charge is 2.18. The summed E-state index contributed by atoms with van der Waals surface area (Å²) in [6, 6.07) is 10.5. The molecule has 2 aromatic rings. The number of benzene rings is 2. The smallest absolute Gasteiger partial charge is 0.341 e. The molecule has 0 saturated carbocycles. The topological polar surface area (TPSA) is 74.3 Å². The number of rotatable bonds is 9. The maximum absolute atomic E-state index is 11.9. The second kappa shape index (κ2) is 9.47. The number of amides is 1. The molecule has 0 heterocycles. The van der Waals surface area contributed by atoms with Gasteiger partial charge in [0.1, 0.15) is 22.8 Å². The number of nitrogens with zero attached hydrogens (tertiary/aromatic N) is 1. The molecule has 0 atom stereocenters. The van der Waals surface area contributed by atoms with E-state index in [1.54, 1.807) is 49.5 Å². The summed E-state index contributed by atoms with van der Waals surface area (Å²) in [5.41, 5.74) is 1.83. The lowest BCUT2D eigenvalue weighted by Gasteiger charge is -2.21. The monoisotopic (exact) mass is 373 g/mol. The van der Waals surface area contributed by atoms with Crippen LogP contribution in [0.2, 0.25) is 0 Å². The van der Waals surface area contributed by atoms with E-state index in [4.69, 9.17) is 18.9 Å². The summed E-state index contributed by atoms with van der Waals surface area (Å²) in [7, 11) is 5.92. The summed E-state index contributed by atoms with van der Waals surface area (Å²) in [6.45, 7) is 0.578. The van der Waals surface area contributed by atoms with Crippen LogP contribution >= 0.6 is 0 Å². The van der Waals surface area contributed by atoms with Crippen molar-refractivity contribution in [2.45, 2.75) is 13.1 Å². The fourth-order valence-electron chi connectivity index (χ4n) is 2.77. The minimum absolute atomic E-state index is 0.257. The molecule has 27 heavy (non-hydrogen) atoms. The predicted molar refractivity (Wildman–Crippen MR) is 99.2 cm³/mol. The van der Waals surface area contributed by atoms with Gasteiger partial charge in [0.15, 0.2) is 0 Å². The Labute approximate surface area is 158 Å². The summed E-state index contributed by atoms with van der Waals surface area (Å²) in [4.78, 5) is 25.1. The van der Waals surface area contributed by atoms with Crippen LogP contribution in [0.1, 0.15) is 21.5 Å². The molecule has 1 amide bonds. The number of para-hydroxylation sites is 1. The summed E-state index contributed by atoms with van der Waals surface area (Å²) in [5, 5.41) is 0. The second-order valence-electron chi connectivity index (χ2n) is 5.68. The fraction of sp³-hybridized carbons (Fsp3) is 0.300. The Balaban J connectivity index is 2.28. The molecule has 2 rings (SSSR count). The Morgan fingerprint density at radius 1 is 0.963 bits per heavy atom. The standard InChI is InChI=1S/C20H23NO6/c1-24-16-9-8-14(18(10-16)25-2)11-21(13-22)12-15-6-5-7-17(19(15)26-3)20(23)27-4/h5-10,13H,11-12H2,1-4H3. The van der Waals surface area contributed by atoms with Crippen LogP contribution in [-0.2, 0) is 22.6 Å². The molecule has 0 aliphatic heterocycles. The largest absolute Gasteiger partial charge is 0.497 e. The number of ether oxygens (including phenoxy) is 4. The number of hydrogen-bond acceptors (Lipinski definition) is 6. The summed E-state index contributed by atoms with van der Waals surface area (Å²) in [6.07, 6.45) is 0.744. The molecule has 0 radical (unpaired) electrons. The maximum Gasteiger partial charge on any atom is 0.341 e. The van der Waals surface area contributed by atoms with Gasteiger partial charge in [-0.05, 0) is 18.2 Å². The van der Waals surface area contributed by atoms with Gasteiger partial charge in [-0.2, -0.15) is 0 Å². The molecule has 0 spiro atoms. The lowest BCUT2D eigenvalue weighted by Crippen LogP contribution is -2.22. The van der Waals surface area contributed by atoms with Gasteiger partial charge >= 0.3 is 5.97 Å². The third-order valence-corrected chi connectivity index (χ3v) is 4.10. The Bertz CT molecular complexity index is 805. The Hall–Kier alpha value is -3.22. The highest BCUT2D eigenvalue weighted by molar-refractivity contribution is 5.93. The Morgan fingerprint density at radius 3 is 2.30 bits per heavy atom. The molecule has 2 aromatic carbocycles. The van der Waals surface area contributed by atoms with Crippen LogP contribution < -0.4 is 14.2 Å². The third-order valence-electron chi connectivity index (χ3n) is 4.10. The van der Waals surface area contributed by atoms with E-state index in [0.29, 0.717) is 34.9 Å². The van der Waals surface area contributed by atoms with E-state index in [9.17, 15) is 9.59 Å². The van der Waals surface area contributed by atoms with Gasteiger partial charge in [0.25, 0.3) is 0 Å². The van der Waals surface area contributed by atoms with E-state index < -0.39 is 5.97 Å². The lowest BCUT2D eigenvalue weighted by atomic mass is 10.1. The minimum atomic E-state index is -0.497. The SMILES string of the molecule is COC(=O)c1cccc(CN(C=O)Cc2ccc(OC)cc2OC)c1OC. The predicted octanol–water partition coefficient (Wildman–Crippen LogP) is 2.66. The summed E-state index contributed by atoms with van der Waals surface area (Å²) in [5.74, 6) is 1.18. The normalized spacial score (nSPS) is 10.1. The first kappa shape index (κ1) is 20.1. The van der Waals surface area contributed by atoms with Gasteiger partial charge in [-0.15, -0.1) is 0 Å². The first-order valence-electron chi connectivity index (χ1n) is 8.22. The first-order chi connectivity index (χ1) is 13.1. The van der Waals surface area contributed by atoms with Crippen molar-refractivity contribution in [1.29, 1.82) is 0 Å². The van der Waals surface area contributed by atoms with E-state index in [2.05, 4.69) is 0 Å². The van der Waals surface area contributed by atoms with Crippen molar-refractivity contribution in [3.05, 3.63) is 53.1 Å². The highest BCUT2D eigenvalue weighted by Crippen LogP contribution is 2.28. The van der Waals surface area contributed by atoms with Crippen molar-refractivity contribution >= 4 is 12.4 Å². The maximum atomic E-state index is 11.9. The average molecular weight is 373 g/mol. The van der Waals surface area contributed by atoms with Gasteiger partial charge in [-0.3, -0.25) is 4.79 Å². The molecule has 7 heteroatoms. The van der Waals surface area contributed by atoms with Crippen LogP contribution in [0, 0.1) is 0 Å². The molecule has 0 aromatic heterocycles. The van der Waals surface area contributed by atoms with E-state index in [1.165, 1.54) is 14.2 Å². The van der Waals surface area contributed by atoms with E-state index in [0.717, 1.165) is 12.0 Å². The van der Waals surface area contributed by atoms with Gasteiger partial charge in [0.2, 0.25) is 6.41 Å². The van der Waals surface area contributed by atoms with Gasteiger partial charge < -0.3 is 23.8 Å². The van der Waals surface area contributed by atoms with Gasteiger partial charge in [0, 0.05) is 30.3 Å². The number of carbonyl (C=O) groups is 2. The molecular weight excluding hydrogens is 350 g/mol. The van der Waals surface area contributed by atoms with Crippen LogP contribution in [0.4, 0.5) is 0 Å². The quantitative estimate of drug-likeness (QED) is 0.497. The van der Waals surface area contributed by atoms with Crippen molar-refractivity contribution in [2.24, 2.45) is 0 Å². The van der Waals surface area contributed by atoms with Gasteiger partial charge in [0.05, 0.1) is 28.4 Å². The average Bonchev–Trinajstić information content (AvgIpc) is 2.72. The van der Waals surface area contributed by atoms with Crippen molar-refractivity contribution in [2.75, 3.05) is 28.4 Å². The lowest BCUT2D eigenvalue weighted by molar-refractivity contribution is -0.119. The Morgan fingerprint density at radius 2 is 1.70 bits per heavy atom. The number of esters is 1. The highest BCUT2D eigenvalue weighted by atomic mass is 16.5. The molecule has 0 N–H and O–H groups in total. The zero-order valence-electron chi connectivity index (χ0n) is 15.9. The van der Waals surface area contributed by atoms with Crippen LogP contribution in [0.3, 0.4) is 0 Å². The Kier molecular flexibility index (Phi) is 7.05. The molecule has 0 saturated heterocycles. The molecule has 7 nitrogen and oxygen atoms in total. The van der Waals surface area contributed by atoms with Crippen LogP contribution in [0.5, 0.6) is 17.2 Å². The third kappa shape index (κ3) is 4.69. The van der Waals surface area contributed by atoms with E-state index in [-0.39, 0.29) is 6.54 Å². The molecule has 144 valence electrons. The van der Waals surface area contributed by atoms with Crippen molar-refractivity contribution < 1.29 is 28.5 Å². The molecular formula is C20H23NO6. The molecule has 0 bridgehead atoms. The van der Waals surface area contributed by atoms with Crippen LogP contribution in [0.15, 0.2) is 36.4 Å². The molecule has 0 aliphatic rings. The minimum Gasteiger partial charge on any atom is -0.497 e. The molecule has 0 unspecified atom stereocenters. The molecule has 0 aliphatic carbocycles. The number of hydrogen-bond donors (Lipinski definition) is 0. The van der Waals surface area contributed by atoms with Crippen LogP contribution in [0.25, 0.3) is 0 Å². The van der Waals surface area contributed by atoms with E-state index in [1.807, 2.05) is 6.07 Å². The van der Waals surface area contributed by atoms with Gasteiger partial charge in [-0.1, -0.05) is 12.1 Å². The summed E-state index contributed by atoms with van der Waals surface area (Å²) >= 11 is 0. The first-order valence-corrected chi connectivity index (χ1v) is 8.22. The second-order valence-corrected chi connectivity index (χ2v) is 5.68. The number of carbonyl (C=O) groups excluding carboxylic acids is 2. The van der Waals surface area contributed by atoms with Crippen molar-refractivity contribution in [3.8, 4) is 17.2 Å². The van der Waals surface area contributed by atoms with Crippen LogP contribution in [-0.4, -0.2) is 45.7 Å².